The van der Waals surface area contributed by atoms with Gasteiger partial charge in [-0.2, -0.15) is 0 Å². The van der Waals surface area contributed by atoms with Crippen molar-refractivity contribution in [1.29, 1.82) is 0 Å². The zero-order chi connectivity index (χ0) is 27.9. The number of nitrogens with one attached hydrogen (secondary N) is 2. The number of likely N-dealkylation sites (tertiary alicyclic amines) is 1. The van der Waals surface area contributed by atoms with Gasteiger partial charge in [-0.3, -0.25) is 14.4 Å². The first-order chi connectivity index (χ1) is 18.7. The van der Waals surface area contributed by atoms with Gasteiger partial charge in [0.05, 0.1) is 28.8 Å². The van der Waals surface area contributed by atoms with Crippen molar-refractivity contribution in [3.05, 3.63) is 82.3 Å². The number of piperidine rings is 1. The Labute approximate surface area is 229 Å². The molecule has 1 fully saturated rings. The molecule has 0 bridgehead atoms. The van der Waals surface area contributed by atoms with E-state index in [0.29, 0.717) is 37.2 Å². The van der Waals surface area contributed by atoms with Gasteiger partial charge in [-0.25, -0.2) is 14.4 Å². The number of aromatic nitrogens is 1. The highest BCUT2D eigenvalue weighted by Crippen LogP contribution is 2.24. The number of benzene rings is 2. The summed E-state index contributed by atoms with van der Waals surface area (Å²) >= 11 is 6.08. The van der Waals surface area contributed by atoms with Crippen LogP contribution in [0.4, 0.5) is 21.6 Å². The van der Waals surface area contributed by atoms with Crippen LogP contribution >= 0.6 is 11.6 Å². The maximum Gasteiger partial charge on any atom is 0.258 e. The van der Waals surface area contributed by atoms with Crippen molar-refractivity contribution in [2.24, 2.45) is 16.6 Å². The first-order valence-electron chi connectivity index (χ1n) is 12.0. The molecule has 0 spiro atoms. The number of carbonyl (C=O) groups excluding carboxylic acids is 3. The molecule has 2 aromatic carbocycles. The van der Waals surface area contributed by atoms with Crippen LogP contribution < -0.4 is 16.4 Å². The fraction of sp³-hybridized carbons (Fsp3) is 0.179. The lowest BCUT2D eigenvalue weighted by atomic mass is 9.97. The standard InChI is InChI=1S/C28H24ClFN6O3/c1-2-17-3-8-25(32-15-17)35-28(39)22-13-19(29)4-7-24(22)34-27(38)21-6-5-20(14-23(21)30)33-16-36-11-9-18(10-12-36)26(31)37/h1,3-8,13-16,18H,9-12H2,(H2,31,37)(H,34,38)(H,32,35,39). The SMILES string of the molecule is C#Cc1ccc(NC(=O)c2cc(Cl)ccc2NC(=O)c2ccc(N=CN3CCC(C(N)=O)CC3)cc2F)nc1. The summed E-state index contributed by atoms with van der Waals surface area (Å²) in [5, 5.41) is 5.44. The summed E-state index contributed by atoms with van der Waals surface area (Å²) < 4.78 is 14.9. The normalized spacial score (nSPS) is 13.6. The summed E-state index contributed by atoms with van der Waals surface area (Å²) in [6.45, 7) is 1.23. The molecule has 0 aliphatic carbocycles. The van der Waals surface area contributed by atoms with E-state index in [-0.39, 0.29) is 39.5 Å². The number of carbonyl (C=O) groups is 3. The van der Waals surface area contributed by atoms with Crippen LogP contribution in [-0.2, 0) is 4.79 Å². The Hall–Kier alpha value is -4.75. The number of primary amides is 1. The van der Waals surface area contributed by atoms with E-state index in [1.54, 1.807) is 18.5 Å². The molecule has 4 N–H and O–H groups in total. The van der Waals surface area contributed by atoms with E-state index >= 15 is 0 Å². The number of pyridine rings is 1. The molecule has 0 saturated carbocycles. The van der Waals surface area contributed by atoms with Gasteiger partial charge in [0.25, 0.3) is 11.8 Å². The highest BCUT2D eigenvalue weighted by molar-refractivity contribution is 6.31. The first kappa shape index (κ1) is 27.3. The molecule has 198 valence electrons. The number of hydrogen-bond donors (Lipinski definition) is 3. The Bertz CT molecular complexity index is 1480. The topological polar surface area (TPSA) is 130 Å². The minimum Gasteiger partial charge on any atom is -0.369 e. The van der Waals surface area contributed by atoms with Crippen LogP contribution in [0.3, 0.4) is 0 Å². The van der Waals surface area contributed by atoms with Crippen molar-refractivity contribution in [3.8, 4) is 12.3 Å². The van der Waals surface area contributed by atoms with Crippen molar-refractivity contribution in [3.63, 3.8) is 0 Å². The van der Waals surface area contributed by atoms with Crippen LogP contribution in [0, 0.1) is 24.1 Å². The first-order valence-corrected chi connectivity index (χ1v) is 12.3. The van der Waals surface area contributed by atoms with E-state index in [2.05, 4.69) is 26.5 Å². The minimum absolute atomic E-state index is 0.0559. The van der Waals surface area contributed by atoms with Gasteiger partial charge in [0.15, 0.2) is 0 Å². The third-order valence-corrected chi connectivity index (χ3v) is 6.38. The van der Waals surface area contributed by atoms with Crippen LogP contribution in [0.25, 0.3) is 0 Å². The number of terminal acetylenes is 1. The lowest BCUT2D eigenvalue weighted by Gasteiger charge is -2.28. The molecule has 0 atom stereocenters. The average molecular weight is 547 g/mol. The van der Waals surface area contributed by atoms with E-state index in [0.717, 1.165) is 6.07 Å². The molecule has 0 unspecified atom stereocenters. The predicted octanol–water partition coefficient (Wildman–Crippen LogP) is 4.22. The monoisotopic (exact) mass is 546 g/mol. The summed E-state index contributed by atoms with van der Waals surface area (Å²) in [4.78, 5) is 47.4. The molecule has 4 rings (SSSR count). The zero-order valence-corrected chi connectivity index (χ0v) is 21.4. The number of rotatable bonds is 7. The molecule has 39 heavy (non-hydrogen) atoms. The lowest BCUT2D eigenvalue weighted by molar-refractivity contribution is -0.122. The predicted molar refractivity (Wildman–Crippen MR) is 148 cm³/mol. The Kier molecular flexibility index (Phi) is 8.53. The molecule has 1 aliphatic rings. The molecule has 9 nitrogen and oxygen atoms in total. The summed E-state index contributed by atoms with van der Waals surface area (Å²) in [6, 6.07) is 11.4. The van der Waals surface area contributed by atoms with Gasteiger partial charge in [0.2, 0.25) is 5.91 Å². The molecule has 1 aliphatic heterocycles. The third kappa shape index (κ3) is 6.97. The number of nitrogens with zero attached hydrogens (tertiary/aromatic N) is 3. The van der Waals surface area contributed by atoms with Crippen LogP contribution in [0.15, 0.2) is 59.7 Å². The van der Waals surface area contributed by atoms with Crippen molar-refractivity contribution >= 4 is 52.9 Å². The van der Waals surface area contributed by atoms with Crippen molar-refractivity contribution in [2.75, 3.05) is 23.7 Å². The molecular formula is C28H24ClFN6O3. The fourth-order valence-corrected chi connectivity index (χ4v) is 4.13. The Morgan fingerprint density at radius 3 is 2.46 bits per heavy atom. The van der Waals surface area contributed by atoms with Crippen LogP contribution in [0.1, 0.15) is 39.1 Å². The van der Waals surface area contributed by atoms with E-state index in [1.807, 2.05) is 4.90 Å². The minimum atomic E-state index is -0.785. The van der Waals surface area contributed by atoms with Gasteiger partial charge in [-0.05, 0) is 55.3 Å². The number of aliphatic imine (C=N–C) groups is 1. The Morgan fingerprint density at radius 1 is 1.08 bits per heavy atom. The Morgan fingerprint density at radius 2 is 1.82 bits per heavy atom. The van der Waals surface area contributed by atoms with E-state index in [9.17, 15) is 18.8 Å². The number of amides is 3. The van der Waals surface area contributed by atoms with E-state index in [1.165, 1.54) is 36.5 Å². The third-order valence-electron chi connectivity index (χ3n) is 6.15. The quantitative estimate of drug-likeness (QED) is 0.232. The maximum atomic E-state index is 14.9. The number of anilines is 2. The molecule has 0 radical (unpaired) electrons. The highest BCUT2D eigenvalue weighted by Gasteiger charge is 2.22. The van der Waals surface area contributed by atoms with Gasteiger partial charge < -0.3 is 21.3 Å². The summed E-state index contributed by atoms with van der Waals surface area (Å²) in [6.07, 6.45) is 9.60. The number of hydrogen-bond acceptors (Lipinski definition) is 5. The molecule has 2 heterocycles. The highest BCUT2D eigenvalue weighted by atomic mass is 35.5. The van der Waals surface area contributed by atoms with Crippen molar-refractivity contribution < 1.29 is 18.8 Å². The Balaban J connectivity index is 1.44. The zero-order valence-electron chi connectivity index (χ0n) is 20.7. The van der Waals surface area contributed by atoms with Crippen LogP contribution in [0.2, 0.25) is 5.02 Å². The van der Waals surface area contributed by atoms with E-state index in [4.69, 9.17) is 23.8 Å². The summed E-state index contributed by atoms with van der Waals surface area (Å²) in [5.41, 5.74) is 6.17. The molecule has 3 amide bonds. The number of nitrogens with two attached hydrogens (primary N) is 1. The maximum absolute atomic E-state index is 14.9. The fourth-order valence-electron chi connectivity index (χ4n) is 3.96. The lowest BCUT2D eigenvalue weighted by Crippen LogP contribution is -2.37. The van der Waals surface area contributed by atoms with Crippen LogP contribution in [0.5, 0.6) is 0 Å². The largest absolute Gasteiger partial charge is 0.369 e. The smallest absolute Gasteiger partial charge is 0.258 e. The summed E-state index contributed by atoms with van der Waals surface area (Å²) in [7, 11) is 0. The molecule has 3 aromatic rings. The molecule has 11 heteroatoms. The molecule has 1 aromatic heterocycles. The second kappa shape index (κ2) is 12.2. The van der Waals surface area contributed by atoms with Crippen molar-refractivity contribution in [2.45, 2.75) is 12.8 Å². The average Bonchev–Trinajstić information content (AvgIpc) is 2.93. The number of halogens is 2. The van der Waals surface area contributed by atoms with Crippen molar-refractivity contribution in [1.82, 2.24) is 9.88 Å². The second-order valence-electron chi connectivity index (χ2n) is 8.80. The van der Waals surface area contributed by atoms with Gasteiger partial charge in [-0.1, -0.05) is 17.5 Å². The van der Waals surface area contributed by atoms with Gasteiger partial charge >= 0.3 is 0 Å². The van der Waals surface area contributed by atoms with Gasteiger partial charge in [0, 0.05) is 41.9 Å². The van der Waals surface area contributed by atoms with Gasteiger partial charge in [-0.15, -0.1) is 6.42 Å². The van der Waals surface area contributed by atoms with Crippen LogP contribution in [-0.4, -0.2) is 47.0 Å². The molecule has 1 saturated heterocycles. The summed E-state index contributed by atoms with van der Waals surface area (Å²) in [5.74, 6) is 0.101. The van der Waals surface area contributed by atoms with E-state index < -0.39 is 17.6 Å². The van der Waals surface area contributed by atoms with Gasteiger partial charge in [0.1, 0.15) is 11.6 Å². The second-order valence-corrected chi connectivity index (χ2v) is 9.23. The molecular weight excluding hydrogens is 523 g/mol.